The minimum Gasteiger partial charge on any atom is -0.380 e. The number of nitrogens with zero attached hydrogens (tertiary/aromatic N) is 1. The standard InChI is InChI=1S/C15H14N2/c1-2-6-12(7-3-1)15-13-8-4-5-9-14(13)16-10-11-17-15/h1-9,11,15-16H,10H2. The van der Waals surface area contributed by atoms with Crippen LogP contribution in [0.4, 0.5) is 5.69 Å². The van der Waals surface area contributed by atoms with E-state index in [1.54, 1.807) is 0 Å². The third-order valence-corrected chi connectivity index (χ3v) is 3.01. The van der Waals surface area contributed by atoms with Gasteiger partial charge in [-0.2, -0.15) is 0 Å². The number of nitrogens with one attached hydrogen (secondary N) is 1. The maximum absolute atomic E-state index is 4.65. The lowest BCUT2D eigenvalue weighted by molar-refractivity contribution is 0.885. The van der Waals surface area contributed by atoms with E-state index >= 15 is 0 Å². The molecule has 1 aliphatic heterocycles. The molecule has 2 aromatic rings. The Bertz CT molecular complexity index is 532. The Balaban J connectivity index is 2.11. The average Bonchev–Trinajstić information content (AvgIpc) is 2.62. The highest BCUT2D eigenvalue weighted by Crippen LogP contribution is 2.32. The zero-order valence-corrected chi connectivity index (χ0v) is 9.51. The first-order valence-corrected chi connectivity index (χ1v) is 5.84. The maximum atomic E-state index is 4.65. The summed E-state index contributed by atoms with van der Waals surface area (Å²) >= 11 is 0. The van der Waals surface area contributed by atoms with Crippen molar-refractivity contribution in [2.75, 3.05) is 11.9 Å². The molecule has 1 unspecified atom stereocenters. The van der Waals surface area contributed by atoms with Gasteiger partial charge in [-0.1, -0.05) is 48.5 Å². The van der Waals surface area contributed by atoms with Gasteiger partial charge in [0.05, 0.1) is 0 Å². The van der Waals surface area contributed by atoms with Crippen molar-refractivity contribution in [3.8, 4) is 0 Å². The molecule has 1 aliphatic rings. The van der Waals surface area contributed by atoms with Crippen molar-refractivity contribution >= 4 is 11.9 Å². The minimum absolute atomic E-state index is 0.113. The molecular weight excluding hydrogens is 208 g/mol. The molecule has 1 heterocycles. The average molecular weight is 222 g/mol. The molecule has 17 heavy (non-hydrogen) atoms. The predicted molar refractivity (Wildman–Crippen MR) is 71.7 cm³/mol. The van der Waals surface area contributed by atoms with E-state index in [4.69, 9.17) is 0 Å². The second kappa shape index (κ2) is 4.42. The van der Waals surface area contributed by atoms with Gasteiger partial charge in [-0.25, -0.2) is 0 Å². The van der Waals surface area contributed by atoms with Gasteiger partial charge in [-0.3, -0.25) is 4.99 Å². The fraction of sp³-hybridized carbons (Fsp3) is 0.133. The quantitative estimate of drug-likeness (QED) is 0.786. The summed E-state index contributed by atoms with van der Waals surface area (Å²) in [6.45, 7) is 0.792. The Hall–Kier alpha value is -2.09. The van der Waals surface area contributed by atoms with Crippen LogP contribution in [0.2, 0.25) is 0 Å². The molecule has 0 spiro atoms. The molecule has 84 valence electrons. The fourth-order valence-electron chi connectivity index (χ4n) is 2.19. The highest BCUT2D eigenvalue weighted by molar-refractivity contribution is 5.70. The van der Waals surface area contributed by atoms with E-state index in [9.17, 15) is 0 Å². The summed E-state index contributed by atoms with van der Waals surface area (Å²) in [7, 11) is 0. The van der Waals surface area contributed by atoms with Crippen LogP contribution in [-0.2, 0) is 0 Å². The number of para-hydroxylation sites is 1. The van der Waals surface area contributed by atoms with E-state index in [-0.39, 0.29) is 6.04 Å². The maximum Gasteiger partial charge on any atom is 0.102 e. The van der Waals surface area contributed by atoms with Crippen molar-refractivity contribution < 1.29 is 0 Å². The summed E-state index contributed by atoms with van der Waals surface area (Å²) in [4.78, 5) is 4.65. The molecule has 2 aromatic carbocycles. The summed E-state index contributed by atoms with van der Waals surface area (Å²) < 4.78 is 0. The van der Waals surface area contributed by atoms with E-state index in [2.05, 4.69) is 58.8 Å². The van der Waals surface area contributed by atoms with Crippen molar-refractivity contribution in [1.82, 2.24) is 0 Å². The third-order valence-electron chi connectivity index (χ3n) is 3.01. The second-order valence-corrected chi connectivity index (χ2v) is 4.11. The van der Waals surface area contributed by atoms with Crippen molar-refractivity contribution in [2.24, 2.45) is 4.99 Å². The Kier molecular flexibility index (Phi) is 2.62. The van der Waals surface area contributed by atoms with E-state index in [1.807, 2.05) is 12.3 Å². The number of fused-ring (bicyclic) bond motifs is 1. The molecule has 1 N–H and O–H groups in total. The summed E-state index contributed by atoms with van der Waals surface area (Å²) in [6, 6.07) is 18.9. The lowest BCUT2D eigenvalue weighted by Gasteiger charge is -2.15. The van der Waals surface area contributed by atoms with Gasteiger partial charge >= 0.3 is 0 Å². The Morgan fingerprint density at radius 2 is 1.71 bits per heavy atom. The summed E-state index contributed by atoms with van der Waals surface area (Å²) in [5.74, 6) is 0. The molecule has 0 saturated heterocycles. The van der Waals surface area contributed by atoms with Crippen molar-refractivity contribution in [3.63, 3.8) is 0 Å². The number of hydrogen-bond donors (Lipinski definition) is 1. The smallest absolute Gasteiger partial charge is 0.102 e. The third kappa shape index (κ3) is 1.94. The van der Waals surface area contributed by atoms with Gasteiger partial charge in [-0.05, 0) is 11.6 Å². The fourth-order valence-corrected chi connectivity index (χ4v) is 2.19. The lowest BCUT2D eigenvalue weighted by atomic mass is 9.98. The van der Waals surface area contributed by atoms with Crippen LogP contribution in [0, 0.1) is 0 Å². The van der Waals surface area contributed by atoms with E-state index in [0.717, 1.165) is 6.54 Å². The van der Waals surface area contributed by atoms with Crippen molar-refractivity contribution in [2.45, 2.75) is 6.04 Å². The topological polar surface area (TPSA) is 24.4 Å². The molecule has 1 atom stereocenters. The second-order valence-electron chi connectivity index (χ2n) is 4.11. The van der Waals surface area contributed by atoms with Gasteiger partial charge in [0.15, 0.2) is 0 Å². The van der Waals surface area contributed by atoms with Gasteiger partial charge in [0.2, 0.25) is 0 Å². The molecule has 0 saturated carbocycles. The van der Waals surface area contributed by atoms with Crippen LogP contribution in [0.1, 0.15) is 17.2 Å². The number of hydrogen-bond acceptors (Lipinski definition) is 2. The van der Waals surface area contributed by atoms with Gasteiger partial charge in [0.1, 0.15) is 6.04 Å². The number of benzene rings is 2. The molecule has 3 rings (SSSR count). The van der Waals surface area contributed by atoms with Crippen molar-refractivity contribution in [1.29, 1.82) is 0 Å². The van der Waals surface area contributed by atoms with Crippen LogP contribution >= 0.6 is 0 Å². The zero-order chi connectivity index (χ0) is 11.5. The van der Waals surface area contributed by atoms with Gasteiger partial charge < -0.3 is 5.32 Å². The molecule has 0 aromatic heterocycles. The zero-order valence-electron chi connectivity index (χ0n) is 9.51. The van der Waals surface area contributed by atoms with Crippen molar-refractivity contribution in [3.05, 3.63) is 65.7 Å². The van der Waals surface area contributed by atoms with Crippen LogP contribution < -0.4 is 5.32 Å². The molecule has 0 fully saturated rings. The molecule has 0 bridgehead atoms. The molecule has 2 nitrogen and oxygen atoms in total. The first-order chi connectivity index (χ1) is 8.45. The molecule has 0 amide bonds. The predicted octanol–water partition coefficient (Wildman–Crippen LogP) is 3.27. The SMILES string of the molecule is C1=NC(c2ccccc2)c2ccccc2NC1. The highest BCUT2D eigenvalue weighted by Gasteiger charge is 2.16. The Morgan fingerprint density at radius 1 is 0.941 bits per heavy atom. The molecule has 0 aliphatic carbocycles. The van der Waals surface area contributed by atoms with Gasteiger partial charge in [-0.15, -0.1) is 0 Å². The first-order valence-electron chi connectivity index (χ1n) is 5.84. The van der Waals surface area contributed by atoms with Gasteiger partial charge in [0, 0.05) is 24.0 Å². The van der Waals surface area contributed by atoms with Crippen LogP contribution in [0.25, 0.3) is 0 Å². The molecular formula is C15H14N2. The normalized spacial score (nSPS) is 18.0. The minimum atomic E-state index is 0.113. The number of rotatable bonds is 1. The Labute approximate surface area is 101 Å². The van der Waals surface area contributed by atoms with Crippen LogP contribution in [0.5, 0.6) is 0 Å². The van der Waals surface area contributed by atoms with E-state index in [0.29, 0.717) is 0 Å². The van der Waals surface area contributed by atoms with Crippen LogP contribution in [0.3, 0.4) is 0 Å². The molecule has 2 heteroatoms. The first kappa shape index (κ1) is 10.1. The number of anilines is 1. The van der Waals surface area contributed by atoms with Crippen LogP contribution in [-0.4, -0.2) is 12.8 Å². The van der Waals surface area contributed by atoms with Gasteiger partial charge in [0.25, 0.3) is 0 Å². The largest absolute Gasteiger partial charge is 0.380 e. The highest BCUT2D eigenvalue weighted by atomic mass is 14.9. The lowest BCUT2D eigenvalue weighted by Crippen LogP contribution is -2.02. The summed E-state index contributed by atoms with van der Waals surface area (Å²) in [5, 5.41) is 3.38. The summed E-state index contributed by atoms with van der Waals surface area (Å²) in [6.07, 6.45) is 1.96. The van der Waals surface area contributed by atoms with E-state index in [1.165, 1.54) is 16.8 Å². The monoisotopic (exact) mass is 222 g/mol. The number of aliphatic imine (C=N–C) groups is 1. The van der Waals surface area contributed by atoms with Crippen LogP contribution in [0.15, 0.2) is 59.6 Å². The molecule has 0 radical (unpaired) electrons. The summed E-state index contributed by atoms with van der Waals surface area (Å²) in [5.41, 5.74) is 3.66. The Morgan fingerprint density at radius 3 is 2.59 bits per heavy atom. The van der Waals surface area contributed by atoms with E-state index < -0.39 is 0 Å².